The van der Waals surface area contributed by atoms with Crippen molar-refractivity contribution >= 4 is 82.5 Å². The predicted octanol–water partition coefficient (Wildman–Crippen LogP) is 18.8. The lowest BCUT2D eigenvalue weighted by Gasteiger charge is -2.48. The SMILES string of the molecule is C1=CCC2C(=C1)N(c1ccc3c(c1)C1C(c4cc(-n5c6ccccc6c6ccccc65)ccc4-3)c3cc(-n4c5ccccc5c5ccccc54)ccc3C3C=CC(n4c5ccccc5c5ccccc54)=CC31)c1ccccc12. The zero-order valence-electron chi connectivity index (χ0n) is 42.7. The number of anilines is 2. The lowest BCUT2D eigenvalue weighted by molar-refractivity contribution is 0.392. The third-order valence-corrected chi connectivity index (χ3v) is 18.6. The average molecular weight is 995 g/mol. The number of hydrogen-bond acceptors (Lipinski definition) is 1. The van der Waals surface area contributed by atoms with Gasteiger partial charge in [-0.25, -0.2) is 0 Å². The summed E-state index contributed by atoms with van der Waals surface area (Å²) in [6.07, 6.45) is 15.6. The van der Waals surface area contributed by atoms with Crippen LogP contribution in [-0.2, 0) is 0 Å². The van der Waals surface area contributed by atoms with E-state index in [1.54, 1.807) is 0 Å². The molecule has 13 aromatic rings. The molecule has 0 saturated heterocycles. The normalized spacial score (nSPS) is 19.6. The van der Waals surface area contributed by atoms with Crippen LogP contribution in [0.15, 0.2) is 267 Å². The molecule has 4 heteroatoms. The van der Waals surface area contributed by atoms with Gasteiger partial charge in [-0.1, -0.05) is 170 Å². The first-order valence-electron chi connectivity index (χ1n) is 27.8. The van der Waals surface area contributed by atoms with E-state index in [4.69, 9.17) is 0 Å². The molecule has 4 aliphatic carbocycles. The van der Waals surface area contributed by atoms with Gasteiger partial charge in [0.05, 0.1) is 33.1 Å². The van der Waals surface area contributed by atoms with Crippen molar-refractivity contribution in [2.24, 2.45) is 5.92 Å². The first-order valence-corrected chi connectivity index (χ1v) is 27.8. The molecule has 0 saturated carbocycles. The molecule has 5 aliphatic rings. The minimum absolute atomic E-state index is 0.0117. The molecule has 366 valence electrons. The second-order valence-electron chi connectivity index (χ2n) is 22.2. The number of nitrogens with zero attached hydrogens (tertiary/aromatic N) is 4. The second kappa shape index (κ2) is 16.0. The second-order valence-corrected chi connectivity index (χ2v) is 22.2. The highest BCUT2D eigenvalue weighted by Gasteiger charge is 2.48. The van der Waals surface area contributed by atoms with E-state index in [9.17, 15) is 0 Å². The highest BCUT2D eigenvalue weighted by atomic mass is 15.2. The van der Waals surface area contributed by atoms with Crippen LogP contribution in [0.5, 0.6) is 0 Å². The smallest absolute Gasteiger partial charge is 0.0541 e. The summed E-state index contributed by atoms with van der Waals surface area (Å²) in [5, 5.41) is 7.66. The van der Waals surface area contributed by atoms with E-state index in [1.807, 2.05) is 0 Å². The molecule has 10 aromatic carbocycles. The molecule has 0 amide bonds. The Morgan fingerprint density at radius 3 is 1.45 bits per heavy atom. The van der Waals surface area contributed by atoms with E-state index < -0.39 is 0 Å². The molecule has 5 unspecified atom stereocenters. The van der Waals surface area contributed by atoms with E-state index in [1.165, 1.54) is 139 Å². The molecular weight excluding hydrogens is 945 g/mol. The molecule has 3 aromatic heterocycles. The van der Waals surface area contributed by atoms with Gasteiger partial charge in [-0.2, -0.15) is 0 Å². The van der Waals surface area contributed by atoms with Gasteiger partial charge in [-0.3, -0.25) is 0 Å². The third-order valence-electron chi connectivity index (χ3n) is 18.6. The van der Waals surface area contributed by atoms with Crippen LogP contribution in [0.25, 0.3) is 93.6 Å². The number of hydrogen-bond donors (Lipinski definition) is 0. The molecule has 0 bridgehead atoms. The van der Waals surface area contributed by atoms with Crippen molar-refractivity contribution in [3.63, 3.8) is 0 Å². The summed E-state index contributed by atoms with van der Waals surface area (Å²) in [6, 6.07) is 85.2. The largest absolute Gasteiger partial charge is 0.313 e. The van der Waals surface area contributed by atoms with E-state index >= 15 is 0 Å². The fraction of sp³-hybridized carbons (Fsp3) is 0.0811. The Morgan fingerprint density at radius 2 is 0.859 bits per heavy atom. The lowest BCUT2D eigenvalue weighted by atomic mass is 9.55. The number of benzene rings is 10. The van der Waals surface area contributed by atoms with Gasteiger partial charge in [0.1, 0.15) is 0 Å². The predicted molar refractivity (Wildman–Crippen MR) is 324 cm³/mol. The maximum absolute atomic E-state index is 2.68. The first kappa shape index (κ1) is 42.6. The van der Waals surface area contributed by atoms with Crippen LogP contribution in [0.4, 0.5) is 11.4 Å². The Kier molecular flexibility index (Phi) is 8.71. The Hall–Kier alpha value is -9.64. The van der Waals surface area contributed by atoms with E-state index in [0.29, 0.717) is 5.92 Å². The van der Waals surface area contributed by atoms with Crippen molar-refractivity contribution < 1.29 is 0 Å². The van der Waals surface area contributed by atoms with Gasteiger partial charge in [0.2, 0.25) is 0 Å². The fourth-order valence-corrected chi connectivity index (χ4v) is 15.5. The van der Waals surface area contributed by atoms with Gasteiger partial charge in [-0.05, 0) is 142 Å². The van der Waals surface area contributed by atoms with Crippen LogP contribution in [0.2, 0.25) is 0 Å². The molecule has 0 N–H and O–H groups in total. The standard InChI is InChI=1S/C74H50N4/c1-9-25-65-53(17-1)54-18-2-10-26-66(54)75(65)45-33-37-49-50-38-34-47(77-69-29-13-5-21-57(69)58-22-6-14-30-70(58)77)43-63(50)74-64-44-48(78-71-31-15-7-23-59(71)60-24-8-16-32-72(60)78)36-40-52(64)51-39-35-46(42-62(51)73(74)61(49)41-45)76-67-27-11-3-19-55(67)56-20-4-12-28-68(56)76/h1-23,25-44,50,60,63,73-74H,24H2. The monoisotopic (exact) mass is 994 g/mol. The molecule has 4 heterocycles. The van der Waals surface area contributed by atoms with Gasteiger partial charge in [-0.15, -0.1) is 0 Å². The Bertz CT molecular complexity index is 4730. The fourth-order valence-electron chi connectivity index (χ4n) is 15.5. The van der Waals surface area contributed by atoms with Crippen LogP contribution in [-0.4, -0.2) is 13.7 Å². The summed E-state index contributed by atoms with van der Waals surface area (Å²) in [5.41, 5.74) is 24.5. The molecule has 4 nitrogen and oxygen atoms in total. The Labute approximate surface area is 451 Å². The van der Waals surface area contributed by atoms with Gasteiger partial charge >= 0.3 is 0 Å². The Balaban J connectivity index is 0.934. The molecule has 0 spiro atoms. The van der Waals surface area contributed by atoms with Gasteiger partial charge < -0.3 is 18.6 Å². The van der Waals surface area contributed by atoms with E-state index in [0.717, 1.165) is 6.42 Å². The summed E-state index contributed by atoms with van der Waals surface area (Å²) in [6.45, 7) is 0. The molecule has 5 atom stereocenters. The zero-order valence-corrected chi connectivity index (χ0v) is 42.7. The van der Waals surface area contributed by atoms with E-state index in [2.05, 4.69) is 280 Å². The average Bonchev–Trinajstić information content (AvgIpc) is 4.36. The zero-order chi connectivity index (χ0) is 50.7. The topological polar surface area (TPSA) is 18.0 Å². The minimum Gasteiger partial charge on any atom is -0.313 e. The summed E-state index contributed by atoms with van der Waals surface area (Å²) >= 11 is 0. The van der Waals surface area contributed by atoms with Crippen molar-refractivity contribution in [1.29, 1.82) is 0 Å². The van der Waals surface area contributed by atoms with Crippen LogP contribution in [0.3, 0.4) is 0 Å². The maximum Gasteiger partial charge on any atom is 0.0541 e. The number of fused-ring (bicyclic) bond motifs is 23. The van der Waals surface area contributed by atoms with Crippen LogP contribution < -0.4 is 4.90 Å². The van der Waals surface area contributed by atoms with Gasteiger partial charge in [0.15, 0.2) is 0 Å². The lowest BCUT2D eigenvalue weighted by Crippen LogP contribution is -2.35. The highest BCUT2D eigenvalue weighted by molar-refractivity contribution is 6.12. The third kappa shape index (κ3) is 5.73. The van der Waals surface area contributed by atoms with Gasteiger partial charge in [0.25, 0.3) is 0 Å². The Morgan fingerprint density at radius 1 is 0.385 bits per heavy atom. The molecule has 18 rings (SSSR count). The summed E-state index contributed by atoms with van der Waals surface area (Å²) in [5.74, 6) is 0.676. The molecular formula is C74H50N4. The molecule has 78 heavy (non-hydrogen) atoms. The highest BCUT2D eigenvalue weighted by Crippen LogP contribution is 2.63. The van der Waals surface area contributed by atoms with Crippen LogP contribution in [0, 0.1) is 5.92 Å². The van der Waals surface area contributed by atoms with E-state index in [-0.39, 0.29) is 23.7 Å². The first-order chi connectivity index (χ1) is 38.7. The summed E-state index contributed by atoms with van der Waals surface area (Å²) < 4.78 is 7.56. The van der Waals surface area contributed by atoms with Crippen LogP contribution in [0.1, 0.15) is 57.9 Å². The van der Waals surface area contributed by atoms with Crippen molar-refractivity contribution in [2.45, 2.75) is 30.1 Å². The number of aromatic nitrogens is 3. The van der Waals surface area contributed by atoms with Crippen molar-refractivity contribution in [3.05, 3.63) is 294 Å². The summed E-state index contributed by atoms with van der Waals surface area (Å²) in [7, 11) is 0. The van der Waals surface area contributed by atoms with Crippen molar-refractivity contribution in [1.82, 2.24) is 13.7 Å². The number of para-hydroxylation sites is 7. The quantitative estimate of drug-likeness (QED) is 0.172. The number of allylic oxidation sites excluding steroid dienone is 8. The molecule has 0 fully saturated rings. The molecule has 0 radical (unpaired) electrons. The maximum atomic E-state index is 2.68. The minimum atomic E-state index is 0.0117. The summed E-state index contributed by atoms with van der Waals surface area (Å²) in [4.78, 5) is 2.58. The molecule has 1 aliphatic heterocycles. The van der Waals surface area contributed by atoms with Gasteiger partial charge in [0, 0.05) is 90.1 Å². The van der Waals surface area contributed by atoms with Crippen molar-refractivity contribution in [2.75, 3.05) is 4.90 Å². The van der Waals surface area contributed by atoms with Crippen LogP contribution >= 0.6 is 0 Å². The number of rotatable bonds is 4. The van der Waals surface area contributed by atoms with Crippen molar-refractivity contribution in [3.8, 4) is 22.5 Å².